The number of hydrogen-bond donors (Lipinski definition) is 1. The van der Waals surface area contributed by atoms with Crippen LogP contribution in [0.4, 0.5) is 13.2 Å². The zero-order valence-electron chi connectivity index (χ0n) is 17.6. The molecule has 0 heterocycles. The maximum absolute atomic E-state index is 14.0. The van der Waals surface area contributed by atoms with Crippen molar-refractivity contribution in [3.05, 3.63) is 71.8 Å². The number of methoxy groups -OCH3 is 1. The molecule has 3 nitrogen and oxygen atoms in total. The molecular formula is C24H32F3NO2. The Labute approximate surface area is 177 Å². The maximum atomic E-state index is 14.0. The van der Waals surface area contributed by atoms with E-state index >= 15 is 0 Å². The fourth-order valence-electron chi connectivity index (χ4n) is 4.49. The molecule has 0 radical (unpaired) electrons. The molecule has 0 spiro atoms. The van der Waals surface area contributed by atoms with E-state index in [2.05, 4.69) is 24.3 Å². The molecule has 30 heavy (non-hydrogen) atoms. The van der Waals surface area contributed by atoms with Crippen molar-refractivity contribution in [2.45, 2.75) is 50.3 Å². The average molecular weight is 424 g/mol. The topological polar surface area (TPSA) is 53.5 Å². The minimum Gasteiger partial charge on any atom is -0.382 e. The van der Waals surface area contributed by atoms with Gasteiger partial charge in [0.25, 0.3) is 0 Å². The number of alkyl halides is 3. The van der Waals surface area contributed by atoms with Gasteiger partial charge in [0.05, 0.1) is 13.2 Å². The summed E-state index contributed by atoms with van der Waals surface area (Å²) in [6, 6.07) is 20.1. The van der Waals surface area contributed by atoms with Crippen LogP contribution < -0.4 is 6.15 Å². The fraction of sp³-hybridized carbons (Fsp3) is 0.500. The molecule has 0 atom stereocenters. The number of benzene rings is 2. The van der Waals surface area contributed by atoms with Crippen LogP contribution in [0.3, 0.4) is 0 Å². The van der Waals surface area contributed by atoms with Gasteiger partial charge < -0.3 is 15.6 Å². The first-order valence-electron chi connectivity index (χ1n) is 10.2. The van der Waals surface area contributed by atoms with Gasteiger partial charge in [-0.05, 0) is 55.1 Å². The lowest BCUT2D eigenvalue weighted by atomic mass is 9.63. The number of halogens is 3. The van der Waals surface area contributed by atoms with Crippen molar-refractivity contribution in [2.24, 2.45) is 5.41 Å². The van der Waals surface area contributed by atoms with Crippen molar-refractivity contribution in [1.29, 1.82) is 0 Å². The maximum Gasteiger partial charge on any atom is 0.417 e. The van der Waals surface area contributed by atoms with Gasteiger partial charge in [-0.2, -0.15) is 13.2 Å². The van der Waals surface area contributed by atoms with Gasteiger partial charge in [-0.25, -0.2) is 0 Å². The van der Waals surface area contributed by atoms with Crippen molar-refractivity contribution < 1.29 is 22.6 Å². The lowest BCUT2D eigenvalue weighted by molar-refractivity contribution is -0.295. The van der Waals surface area contributed by atoms with Crippen molar-refractivity contribution >= 4 is 0 Å². The van der Waals surface area contributed by atoms with Crippen LogP contribution in [0.1, 0.15) is 36.8 Å². The first-order valence-corrected chi connectivity index (χ1v) is 10.2. The van der Waals surface area contributed by atoms with E-state index in [-0.39, 0.29) is 37.6 Å². The number of rotatable bonds is 8. The Morgan fingerprint density at radius 2 is 1.23 bits per heavy atom. The molecule has 0 saturated heterocycles. The third-order valence-electron chi connectivity index (χ3n) is 6.14. The SMILES string of the molecule is COCCOC1(C(F)(F)F)CCC(Cc2ccccc2)(Cc2ccccc2)CC1.N. The minimum atomic E-state index is -4.38. The van der Waals surface area contributed by atoms with Gasteiger partial charge in [-0.3, -0.25) is 0 Å². The minimum absolute atomic E-state index is 0. The van der Waals surface area contributed by atoms with Gasteiger partial charge in [0.1, 0.15) is 0 Å². The van der Waals surface area contributed by atoms with Crippen molar-refractivity contribution in [1.82, 2.24) is 6.15 Å². The van der Waals surface area contributed by atoms with Crippen LogP contribution >= 0.6 is 0 Å². The predicted molar refractivity (Wildman–Crippen MR) is 113 cm³/mol. The summed E-state index contributed by atoms with van der Waals surface area (Å²) in [6.07, 6.45) is -1.91. The predicted octanol–water partition coefficient (Wildman–Crippen LogP) is 6.16. The first kappa shape index (κ1) is 24.4. The molecule has 0 amide bonds. The molecule has 1 fully saturated rings. The van der Waals surface area contributed by atoms with Crippen LogP contribution in [0.5, 0.6) is 0 Å². The molecule has 3 rings (SSSR count). The van der Waals surface area contributed by atoms with E-state index in [0.717, 1.165) is 12.8 Å². The Morgan fingerprint density at radius 3 is 1.63 bits per heavy atom. The number of ether oxygens (including phenoxy) is 2. The van der Waals surface area contributed by atoms with Gasteiger partial charge in [0.15, 0.2) is 5.60 Å². The summed E-state index contributed by atoms with van der Waals surface area (Å²) in [5.74, 6) is 0. The zero-order chi connectivity index (χ0) is 20.8. The van der Waals surface area contributed by atoms with Gasteiger partial charge >= 0.3 is 6.18 Å². The lowest BCUT2D eigenvalue weighted by Crippen LogP contribution is -2.53. The summed E-state index contributed by atoms with van der Waals surface area (Å²) in [6.45, 7) is 0.122. The molecule has 0 aliphatic heterocycles. The quantitative estimate of drug-likeness (QED) is 0.518. The summed E-state index contributed by atoms with van der Waals surface area (Å²) in [7, 11) is 1.47. The summed E-state index contributed by atoms with van der Waals surface area (Å²) >= 11 is 0. The van der Waals surface area contributed by atoms with E-state index in [0.29, 0.717) is 12.8 Å². The van der Waals surface area contributed by atoms with E-state index in [9.17, 15) is 13.2 Å². The van der Waals surface area contributed by atoms with E-state index in [1.165, 1.54) is 18.2 Å². The highest BCUT2D eigenvalue weighted by Gasteiger charge is 2.59. The lowest BCUT2D eigenvalue weighted by Gasteiger charge is -2.47. The highest BCUT2D eigenvalue weighted by Crippen LogP contribution is 2.52. The molecule has 2 aromatic carbocycles. The standard InChI is InChI=1S/C24H29F3O2.H3N/c1-28-16-17-29-23(24(25,26)27)14-12-22(13-15-23,18-20-8-4-2-5-9-20)19-21-10-6-3-7-11-21;/h2-11H,12-19H2,1H3;1H3. The van der Waals surface area contributed by atoms with Gasteiger partial charge in [-0.15, -0.1) is 0 Å². The van der Waals surface area contributed by atoms with Crippen LogP contribution in [0.25, 0.3) is 0 Å². The Balaban J connectivity index is 0.00000320. The molecule has 1 aliphatic carbocycles. The molecule has 1 saturated carbocycles. The molecular weight excluding hydrogens is 391 g/mol. The van der Waals surface area contributed by atoms with E-state index in [1.807, 2.05) is 36.4 Å². The monoisotopic (exact) mass is 423 g/mol. The zero-order valence-corrected chi connectivity index (χ0v) is 17.6. The van der Waals surface area contributed by atoms with Crippen LogP contribution in [0.15, 0.2) is 60.7 Å². The Hall–Kier alpha value is -1.89. The van der Waals surface area contributed by atoms with Crippen molar-refractivity contribution in [3.63, 3.8) is 0 Å². The smallest absolute Gasteiger partial charge is 0.382 e. The Bertz CT molecular complexity index is 699. The van der Waals surface area contributed by atoms with Crippen LogP contribution in [0, 0.1) is 5.41 Å². The Morgan fingerprint density at radius 1 is 0.767 bits per heavy atom. The molecule has 0 unspecified atom stereocenters. The third kappa shape index (κ3) is 5.84. The Kier molecular flexibility index (Phi) is 8.47. The molecule has 1 aliphatic rings. The average Bonchev–Trinajstić information content (AvgIpc) is 2.70. The first-order chi connectivity index (χ1) is 13.9. The molecule has 2 aromatic rings. The summed E-state index contributed by atoms with van der Waals surface area (Å²) in [5, 5.41) is 0. The summed E-state index contributed by atoms with van der Waals surface area (Å²) < 4.78 is 52.2. The van der Waals surface area contributed by atoms with E-state index < -0.39 is 11.8 Å². The van der Waals surface area contributed by atoms with Crippen LogP contribution in [0.2, 0.25) is 0 Å². The third-order valence-corrected chi connectivity index (χ3v) is 6.14. The number of hydrogen-bond acceptors (Lipinski definition) is 3. The summed E-state index contributed by atoms with van der Waals surface area (Å²) in [5.41, 5.74) is 0.0660. The van der Waals surface area contributed by atoms with E-state index in [1.54, 1.807) is 0 Å². The van der Waals surface area contributed by atoms with E-state index in [4.69, 9.17) is 9.47 Å². The molecule has 0 aromatic heterocycles. The highest BCUT2D eigenvalue weighted by atomic mass is 19.4. The highest BCUT2D eigenvalue weighted by molar-refractivity contribution is 5.22. The molecule has 0 bridgehead atoms. The second-order valence-corrected chi connectivity index (χ2v) is 8.16. The second-order valence-electron chi connectivity index (χ2n) is 8.16. The van der Waals surface area contributed by atoms with Crippen LogP contribution in [-0.4, -0.2) is 32.1 Å². The molecule has 6 heteroatoms. The van der Waals surface area contributed by atoms with Crippen molar-refractivity contribution in [3.8, 4) is 0 Å². The summed E-state index contributed by atoms with van der Waals surface area (Å²) in [4.78, 5) is 0. The molecule has 3 N–H and O–H groups in total. The van der Waals surface area contributed by atoms with Gasteiger partial charge in [0, 0.05) is 7.11 Å². The van der Waals surface area contributed by atoms with Crippen LogP contribution in [-0.2, 0) is 22.3 Å². The van der Waals surface area contributed by atoms with Crippen molar-refractivity contribution in [2.75, 3.05) is 20.3 Å². The molecule has 166 valence electrons. The normalized spacial score (nSPS) is 17.9. The van der Waals surface area contributed by atoms with Gasteiger partial charge in [0.2, 0.25) is 0 Å². The second kappa shape index (κ2) is 10.4. The largest absolute Gasteiger partial charge is 0.417 e. The fourth-order valence-corrected chi connectivity index (χ4v) is 4.49. The van der Waals surface area contributed by atoms with Gasteiger partial charge in [-0.1, -0.05) is 60.7 Å².